The average molecular weight is 537 g/mol. The molecule has 3 aliphatic heterocycles. The molecule has 7 heteroatoms. The van der Waals surface area contributed by atoms with E-state index in [0.29, 0.717) is 18.2 Å². The molecule has 0 aliphatic carbocycles. The van der Waals surface area contributed by atoms with E-state index in [4.69, 9.17) is 9.47 Å². The molecular formula is C23H45IN4O2. The highest BCUT2D eigenvalue weighted by Gasteiger charge is 2.26. The zero-order chi connectivity index (χ0) is 20.5. The summed E-state index contributed by atoms with van der Waals surface area (Å²) >= 11 is 0. The Balaban J connectivity index is 0.00000320. The minimum absolute atomic E-state index is 0. The molecule has 0 spiro atoms. The van der Waals surface area contributed by atoms with Crippen molar-refractivity contribution >= 4 is 29.9 Å². The maximum atomic E-state index is 6.17. The van der Waals surface area contributed by atoms with Crippen LogP contribution in [0.4, 0.5) is 0 Å². The second kappa shape index (κ2) is 14.1. The van der Waals surface area contributed by atoms with Gasteiger partial charge in [-0.05, 0) is 57.4 Å². The van der Waals surface area contributed by atoms with Gasteiger partial charge in [-0.3, -0.25) is 9.89 Å². The molecule has 0 aromatic heterocycles. The van der Waals surface area contributed by atoms with E-state index in [9.17, 15) is 0 Å². The Bertz CT molecular complexity index is 492. The molecule has 30 heavy (non-hydrogen) atoms. The molecule has 0 radical (unpaired) electrons. The van der Waals surface area contributed by atoms with E-state index in [0.717, 1.165) is 64.0 Å². The summed E-state index contributed by atoms with van der Waals surface area (Å²) in [5.41, 5.74) is 0. The smallest absolute Gasteiger partial charge is 0.193 e. The number of nitrogens with one attached hydrogen (secondary N) is 1. The molecule has 0 saturated carbocycles. The first-order valence-electron chi connectivity index (χ1n) is 12.1. The summed E-state index contributed by atoms with van der Waals surface area (Å²) in [7, 11) is 1.91. The van der Waals surface area contributed by atoms with Crippen molar-refractivity contribution in [2.24, 2.45) is 10.9 Å². The van der Waals surface area contributed by atoms with Crippen molar-refractivity contribution in [3.63, 3.8) is 0 Å². The second-order valence-corrected chi connectivity index (χ2v) is 9.47. The Labute approximate surface area is 201 Å². The zero-order valence-electron chi connectivity index (χ0n) is 19.5. The SMILES string of the molecule is CN=C(NCC1CCCCN1CC(C)C)N1CCC(OCC2CCCCO2)CC1.I. The van der Waals surface area contributed by atoms with Gasteiger partial charge in [-0.1, -0.05) is 20.3 Å². The first-order chi connectivity index (χ1) is 14.2. The van der Waals surface area contributed by atoms with E-state index in [-0.39, 0.29) is 24.0 Å². The summed E-state index contributed by atoms with van der Waals surface area (Å²) in [4.78, 5) is 9.67. The predicted molar refractivity (Wildman–Crippen MR) is 135 cm³/mol. The Hall–Kier alpha value is -0.120. The Morgan fingerprint density at radius 2 is 1.83 bits per heavy atom. The second-order valence-electron chi connectivity index (χ2n) is 9.47. The Morgan fingerprint density at radius 3 is 2.50 bits per heavy atom. The third kappa shape index (κ3) is 8.43. The first kappa shape index (κ1) is 26.1. The van der Waals surface area contributed by atoms with Crippen molar-refractivity contribution in [1.29, 1.82) is 0 Å². The van der Waals surface area contributed by atoms with E-state index >= 15 is 0 Å². The van der Waals surface area contributed by atoms with Crippen LogP contribution in [0.25, 0.3) is 0 Å². The monoisotopic (exact) mass is 536 g/mol. The van der Waals surface area contributed by atoms with Crippen LogP contribution in [0.5, 0.6) is 0 Å². The molecular weight excluding hydrogens is 491 g/mol. The Kier molecular flexibility index (Phi) is 12.3. The van der Waals surface area contributed by atoms with Gasteiger partial charge in [0.1, 0.15) is 0 Å². The molecule has 3 saturated heterocycles. The summed E-state index contributed by atoms with van der Waals surface area (Å²) < 4.78 is 12.0. The molecule has 0 bridgehead atoms. The fourth-order valence-electron chi connectivity index (χ4n) is 4.96. The third-order valence-corrected chi connectivity index (χ3v) is 6.59. The number of likely N-dealkylation sites (tertiary alicyclic amines) is 2. The molecule has 0 amide bonds. The number of guanidine groups is 1. The van der Waals surface area contributed by atoms with Crippen molar-refractivity contribution < 1.29 is 9.47 Å². The van der Waals surface area contributed by atoms with Crippen molar-refractivity contribution in [3.8, 4) is 0 Å². The summed E-state index contributed by atoms with van der Waals surface area (Å²) in [6.07, 6.45) is 10.5. The molecule has 0 aromatic rings. The lowest BCUT2D eigenvalue weighted by Crippen LogP contribution is -2.52. The van der Waals surface area contributed by atoms with Crippen LogP contribution in [0.2, 0.25) is 0 Å². The lowest BCUT2D eigenvalue weighted by atomic mass is 10.0. The highest BCUT2D eigenvalue weighted by Crippen LogP contribution is 2.19. The van der Waals surface area contributed by atoms with Crippen LogP contribution in [0.3, 0.4) is 0 Å². The largest absolute Gasteiger partial charge is 0.376 e. The highest BCUT2D eigenvalue weighted by molar-refractivity contribution is 14.0. The molecule has 3 heterocycles. The topological polar surface area (TPSA) is 49.3 Å². The Morgan fingerprint density at radius 1 is 1.07 bits per heavy atom. The zero-order valence-corrected chi connectivity index (χ0v) is 21.8. The van der Waals surface area contributed by atoms with E-state index in [2.05, 4.69) is 34.0 Å². The standard InChI is InChI=1S/C23H44N4O2.HI/c1-19(2)17-27-12-6-4-8-20(27)16-25-23(24-3)26-13-10-21(11-14-26)29-18-22-9-5-7-15-28-22;/h19-22H,4-18H2,1-3H3,(H,24,25);1H. The summed E-state index contributed by atoms with van der Waals surface area (Å²) in [5.74, 6) is 1.79. The summed E-state index contributed by atoms with van der Waals surface area (Å²) in [5, 5.41) is 3.68. The van der Waals surface area contributed by atoms with Crippen LogP contribution in [0.1, 0.15) is 65.2 Å². The highest BCUT2D eigenvalue weighted by atomic mass is 127. The van der Waals surface area contributed by atoms with Gasteiger partial charge in [0, 0.05) is 45.9 Å². The number of nitrogens with zero attached hydrogens (tertiary/aromatic N) is 3. The van der Waals surface area contributed by atoms with Crippen LogP contribution < -0.4 is 5.32 Å². The number of hydrogen-bond acceptors (Lipinski definition) is 4. The molecule has 6 nitrogen and oxygen atoms in total. The molecule has 2 unspecified atom stereocenters. The minimum atomic E-state index is 0. The number of rotatable bonds is 7. The normalized spacial score (nSPS) is 27.2. The van der Waals surface area contributed by atoms with E-state index in [1.807, 2.05) is 7.05 Å². The van der Waals surface area contributed by atoms with Gasteiger partial charge in [0.05, 0.1) is 18.8 Å². The lowest BCUT2D eigenvalue weighted by molar-refractivity contribution is -0.0721. The van der Waals surface area contributed by atoms with Crippen LogP contribution in [0, 0.1) is 5.92 Å². The number of hydrogen-bond donors (Lipinski definition) is 1. The van der Waals surface area contributed by atoms with Crippen LogP contribution >= 0.6 is 24.0 Å². The van der Waals surface area contributed by atoms with Gasteiger partial charge in [-0.15, -0.1) is 24.0 Å². The van der Waals surface area contributed by atoms with Crippen molar-refractivity contribution in [2.45, 2.75) is 83.5 Å². The van der Waals surface area contributed by atoms with Crippen molar-refractivity contribution in [3.05, 3.63) is 0 Å². The molecule has 0 aromatic carbocycles. The van der Waals surface area contributed by atoms with Crippen LogP contribution in [0.15, 0.2) is 4.99 Å². The van der Waals surface area contributed by atoms with Gasteiger partial charge in [0.2, 0.25) is 0 Å². The fourth-order valence-corrected chi connectivity index (χ4v) is 4.96. The van der Waals surface area contributed by atoms with E-state index in [1.54, 1.807) is 0 Å². The summed E-state index contributed by atoms with van der Waals surface area (Å²) in [6, 6.07) is 0.638. The van der Waals surface area contributed by atoms with Crippen LogP contribution in [-0.4, -0.2) is 87.0 Å². The average Bonchev–Trinajstić information content (AvgIpc) is 2.75. The van der Waals surface area contributed by atoms with E-state index < -0.39 is 0 Å². The van der Waals surface area contributed by atoms with Crippen molar-refractivity contribution in [1.82, 2.24) is 15.1 Å². The summed E-state index contributed by atoms with van der Waals surface area (Å²) in [6.45, 7) is 11.8. The number of halogens is 1. The number of piperidine rings is 2. The third-order valence-electron chi connectivity index (χ3n) is 6.59. The minimum Gasteiger partial charge on any atom is -0.376 e. The van der Waals surface area contributed by atoms with Crippen molar-refractivity contribution in [2.75, 3.05) is 53.0 Å². The van der Waals surface area contributed by atoms with E-state index in [1.165, 1.54) is 45.2 Å². The maximum Gasteiger partial charge on any atom is 0.193 e. The molecule has 3 fully saturated rings. The van der Waals surface area contributed by atoms with Gasteiger partial charge in [-0.25, -0.2) is 0 Å². The molecule has 3 rings (SSSR count). The maximum absolute atomic E-state index is 6.17. The van der Waals surface area contributed by atoms with Gasteiger partial charge in [0.25, 0.3) is 0 Å². The predicted octanol–water partition coefficient (Wildman–Crippen LogP) is 3.74. The van der Waals surface area contributed by atoms with Crippen LogP contribution in [-0.2, 0) is 9.47 Å². The van der Waals surface area contributed by atoms with Gasteiger partial charge in [-0.2, -0.15) is 0 Å². The quantitative estimate of drug-likeness (QED) is 0.305. The first-order valence-corrected chi connectivity index (χ1v) is 12.1. The number of ether oxygens (including phenoxy) is 2. The number of aliphatic imine (C=N–C) groups is 1. The fraction of sp³-hybridized carbons (Fsp3) is 0.957. The molecule has 176 valence electrons. The molecule has 2 atom stereocenters. The van der Waals surface area contributed by atoms with Gasteiger partial charge < -0.3 is 19.7 Å². The molecule has 3 aliphatic rings. The lowest BCUT2D eigenvalue weighted by Gasteiger charge is -2.39. The van der Waals surface area contributed by atoms with Gasteiger partial charge in [0.15, 0.2) is 5.96 Å². The molecule has 1 N–H and O–H groups in total. The van der Waals surface area contributed by atoms with Gasteiger partial charge >= 0.3 is 0 Å².